The van der Waals surface area contributed by atoms with Crippen LogP contribution in [0.2, 0.25) is 10.0 Å². The standard InChI is InChI=1S/C20H20Cl2N4O2/c21-14-7-12(8-15(22)10-14)19(18-3-1-2-6-23-18)28-20(27)25-16-4-5-17-13(9-16)11-24-26-17/h4-5,7-11,18-19,23H,1-3,6H2,(H,24,26)(H,25,27). The molecule has 4 rings (SSSR count). The molecule has 2 atom stereocenters. The zero-order valence-corrected chi connectivity index (χ0v) is 16.6. The minimum atomic E-state index is -0.531. The maximum Gasteiger partial charge on any atom is 0.412 e. The molecule has 0 bridgehead atoms. The van der Waals surface area contributed by atoms with Gasteiger partial charge in [0.05, 0.1) is 11.7 Å². The molecule has 3 N–H and O–H groups in total. The summed E-state index contributed by atoms with van der Waals surface area (Å²) in [6, 6.07) is 10.7. The molecule has 1 aliphatic rings. The average Bonchev–Trinajstić information content (AvgIpc) is 3.14. The fraction of sp³-hybridized carbons (Fsp3) is 0.300. The molecule has 146 valence electrons. The lowest BCUT2D eigenvalue weighted by molar-refractivity contribution is 0.0763. The Morgan fingerprint density at radius 1 is 1.18 bits per heavy atom. The van der Waals surface area contributed by atoms with Gasteiger partial charge in [0.1, 0.15) is 6.10 Å². The van der Waals surface area contributed by atoms with E-state index < -0.39 is 12.2 Å². The summed E-state index contributed by atoms with van der Waals surface area (Å²) >= 11 is 12.3. The first-order chi connectivity index (χ1) is 13.6. The number of anilines is 1. The van der Waals surface area contributed by atoms with E-state index in [1.807, 2.05) is 12.1 Å². The monoisotopic (exact) mass is 418 g/mol. The summed E-state index contributed by atoms with van der Waals surface area (Å²) in [7, 11) is 0. The van der Waals surface area contributed by atoms with Crippen LogP contribution in [-0.4, -0.2) is 28.9 Å². The zero-order chi connectivity index (χ0) is 19.5. The van der Waals surface area contributed by atoms with Gasteiger partial charge in [0, 0.05) is 27.2 Å². The van der Waals surface area contributed by atoms with Crippen LogP contribution in [0.25, 0.3) is 10.9 Å². The molecule has 0 radical (unpaired) electrons. The number of halogens is 2. The first-order valence-electron chi connectivity index (χ1n) is 9.18. The number of nitrogens with one attached hydrogen (secondary N) is 3. The van der Waals surface area contributed by atoms with Crippen molar-refractivity contribution in [2.45, 2.75) is 31.4 Å². The molecular weight excluding hydrogens is 399 g/mol. The first-order valence-corrected chi connectivity index (χ1v) is 9.94. The molecular formula is C20H20Cl2N4O2. The van der Waals surface area contributed by atoms with Crippen molar-refractivity contribution < 1.29 is 9.53 Å². The van der Waals surface area contributed by atoms with Crippen LogP contribution in [-0.2, 0) is 4.74 Å². The highest BCUT2D eigenvalue weighted by atomic mass is 35.5. The number of aromatic amines is 1. The van der Waals surface area contributed by atoms with E-state index in [0.29, 0.717) is 15.7 Å². The fourth-order valence-corrected chi connectivity index (χ4v) is 4.09. The number of piperidine rings is 1. The lowest BCUT2D eigenvalue weighted by atomic mass is 9.95. The molecule has 28 heavy (non-hydrogen) atoms. The van der Waals surface area contributed by atoms with E-state index >= 15 is 0 Å². The van der Waals surface area contributed by atoms with E-state index in [0.717, 1.165) is 42.3 Å². The number of H-pyrrole nitrogens is 1. The van der Waals surface area contributed by atoms with Crippen molar-refractivity contribution in [1.82, 2.24) is 15.5 Å². The minimum Gasteiger partial charge on any atom is -0.439 e. The van der Waals surface area contributed by atoms with Gasteiger partial charge in [0.15, 0.2) is 0 Å². The van der Waals surface area contributed by atoms with Crippen LogP contribution in [0.5, 0.6) is 0 Å². The van der Waals surface area contributed by atoms with Crippen LogP contribution in [0, 0.1) is 0 Å². The molecule has 1 fully saturated rings. The van der Waals surface area contributed by atoms with Crippen molar-refractivity contribution in [3.8, 4) is 0 Å². The number of amides is 1. The van der Waals surface area contributed by atoms with Crippen molar-refractivity contribution >= 4 is 45.9 Å². The third kappa shape index (κ3) is 4.41. The smallest absolute Gasteiger partial charge is 0.412 e. The molecule has 1 saturated heterocycles. The highest BCUT2D eigenvalue weighted by molar-refractivity contribution is 6.34. The van der Waals surface area contributed by atoms with E-state index in [1.54, 1.807) is 30.5 Å². The maximum atomic E-state index is 12.6. The number of benzene rings is 2. The molecule has 6 nitrogen and oxygen atoms in total. The normalized spacial score (nSPS) is 18.0. The summed E-state index contributed by atoms with van der Waals surface area (Å²) in [5.41, 5.74) is 2.31. The minimum absolute atomic E-state index is 0.00499. The second-order valence-electron chi connectivity index (χ2n) is 6.88. The predicted molar refractivity (Wildman–Crippen MR) is 111 cm³/mol. The molecule has 2 aromatic carbocycles. The van der Waals surface area contributed by atoms with Crippen LogP contribution in [0.15, 0.2) is 42.6 Å². The number of hydrogen-bond acceptors (Lipinski definition) is 4. The van der Waals surface area contributed by atoms with Crippen LogP contribution < -0.4 is 10.6 Å². The molecule has 1 amide bonds. The van der Waals surface area contributed by atoms with Gasteiger partial charge in [0.2, 0.25) is 0 Å². The lowest BCUT2D eigenvalue weighted by Crippen LogP contribution is -2.41. The summed E-state index contributed by atoms with van der Waals surface area (Å²) in [6.07, 6.45) is 3.77. The van der Waals surface area contributed by atoms with Gasteiger partial charge in [-0.15, -0.1) is 0 Å². The van der Waals surface area contributed by atoms with Gasteiger partial charge in [0.25, 0.3) is 0 Å². The second-order valence-corrected chi connectivity index (χ2v) is 7.75. The maximum absolute atomic E-state index is 12.6. The summed E-state index contributed by atoms with van der Waals surface area (Å²) < 4.78 is 5.83. The average molecular weight is 419 g/mol. The van der Waals surface area contributed by atoms with Crippen molar-refractivity contribution in [2.75, 3.05) is 11.9 Å². The van der Waals surface area contributed by atoms with Gasteiger partial charge >= 0.3 is 6.09 Å². The topological polar surface area (TPSA) is 79.0 Å². The molecule has 0 spiro atoms. The SMILES string of the molecule is O=C(Nc1ccc2[nH]ncc2c1)OC(c1cc(Cl)cc(Cl)c1)C1CCCCN1. The first kappa shape index (κ1) is 19.1. The Morgan fingerprint density at radius 3 is 2.75 bits per heavy atom. The number of fused-ring (bicyclic) bond motifs is 1. The molecule has 2 heterocycles. The summed E-state index contributed by atoms with van der Waals surface area (Å²) in [4.78, 5) is 12.6. The Balaban J connectivity index is 1.54. The van der Waals surface area contributed by atoms with E-state index in [9.17, 15) is 4.79 Å². The predicted octanol–water partition coefficient (Wildman–Crippen LogP) is 5.30. The van der Waals surface area contributed by atoms with Gasteiger partial charge in [-0.3, -0.25) is 10.4 Å². The van der Waals surface area contributed by atoms with Crippen LogP contribution >= 0.6 is 23.2 Å². The Bertz CT molecular complexity index is 965. The Morgan fingerprint density at radius 2 is 2.00 bits per heavy atom. The number of aromatic nitrogens is 2. The van der Waals surface area contributed by atoms with Gasteiger partial charge < -0.3 is 10.1 Å². The van der Waals surface area contributed by atoms with Crippen molar-refractivity contribution in [2.24, 2.45) is 0 Å². The zero-order valence-electron chi connectivity index (χ0n) is 15.0. The number of carbonyl (C=O) groups is 1. The van der Waals surface area contributed by atoms with Gasteiger partial charge in [-0.1, -0.05) is 29.6 Å². The number of carbonyl (C=O) groups excluding carboxylic acids is 1. The lowest BCUT2D eigenvalue weighted by Gasteiger charge is -2.31. The quantitative estimate of drug-likeness (QED) is 0.536. The number of hydrogen-bond donors (Lipinski definition) is 3. The molecule has 1 aliphatic heterocycles. The molecule has 3 aromatic rings. The molecule has 8 heteroatoms. The Hall–Kier alpha value is -2.28. The van der Waals surface area contributed by atoms with Gasteiger partial charge in [-0.25, -0.2) is 4.79 Å². The number of nitrogens with zero attached hydrogens (tertiary/aromatic N) is 1. The molecule has 0 saturated carbocycles. The molecule has 1 aromatic heterocycles. The fourth-order valence-electron chi connectivity index (χ4n) is 3.54. The van der Waals surface area contributed by atoms with E-state index in [4.69, 9.17) is 27.9 Å². The summed E-state index contributed by atoms with van der Waals surface area (Å²) in [5.74, 6) is 0. The van der Waals surface area contributed by atoms with E-state index in [1.165, 1.54) is 0 Å². The summed E-state index contributed by atoms with van der Waals surface area (Å²) in [6.45, 7) is 0.887. The molecule has 0 aliphatic carbocycles. The van der Waals surface area contributed by atoms with Crippen molar-refractivity contribution in [1.29, 1.82) is 0 Å². The van der Waals surface area contributed by atoms with Gasteiger partial charge in [-0.2, -0.15) is 5.10 Å². The van der Waals surface area contributed by atoms with Crippen molar-refractivity contribution in [3.05, 3.63) is 58.2 Å². The molecule has 2 unspecified atom stereocenters. The largest absolute Gasteiger partial charge is 0.439 e. The highest BCUT2D eigenvalue weighted by Crippen LogP contribution is 2.31. The Labute approximate surface area is 172 Å². The Kier molecular flexibility index (Phi) is 5.71. The number of rotatable bonds is 4. The number of ether oxygens (including phenoxy) is 1. The summed E-state index contributed by atoms with van der Waals surface area (Å²) in [5, 5.41) is 15.0. The van der Waals surface area contributed by atoms with Crippen LogP contribution in [0.1, 0.15) is 30.9 Å². The highest BCUT2D eigenvalue weighted by Gasteiger charge is 2.29. The van der Waals surface area contributed by atoms with Crippen molar-refractivity contribution in [3.63, 3.8) is 0 Å². The van der Waals surface area contributed by atoms with E-state index in [2.05, 4.69) is 20.8 Å². The van der Waals surface area contributed by atoms with Crippen LogP contribution in [0.4, 0.5) is 10.5 Å². The van der Waals surface area contributed by atoms with Crippen LogP contribution in [0.3, 0.4) is 0 Å². The second kappa shape index (κ2) is 8.39. The third-order valence-corrected chi connectivity index (χ3v) is 5.28. The van der Waals surface area contributed by atoms with E-state index in [-0.39, 0.29) is 6.04 Å². The van der Waals surface area contributed by atoms with Gasteiger partial charge in [-0.05, 0) is 61.3 Å². The third-order valence-electron chi connectivity index (χ3n) is 4.85.